The highest BCUT2D eigenvalue weighted by molar-refractivity contribution is 6.62. The van der Waals surface area contributed by atoms with Crippen LogP contribution in [0.25, 0.3) is 21.6 Å². The van der Waals surface area contributed by atoms with Gasteiger partial charge in [0.15, 0.2) is 0 Å². The second-order valence-corrected chi connectivity index (χ2v) is 16.4. The van der Waals surface area contributed by atoms with Gasteiger partial charge in [-0.05, 0) is 107 Å². The molecule has 5 rings (SSSR count). The maximum Gasteiger partial charge on any atom is 0.494 e. The molecule has 0 atom stereocenters. The van der Waals surface area contributed by atoms with Crippen LogP contribution < -0.4 is 10.9 Å². The lowest BCUT2D eigenvalue weighted by Crippen LogP contribution is -2.41. The highest BCUT2D eigenvalue weighted by atomic mass is 16.7. The van der Waals surface area contributed by atoms with E-state index in [4.69, 9.17) is 24.1 Å². The van der Waals surface area contributed by atoms with Gasteiger partial charge < -0.3 is 18.6 Å². The first kappa shape index (κ1) is 36.0. The predicted molar refractivity (Wildman–Crippen MR) is 195 cm³/mol. The summed E-state index contributed by atoms with van der Waals surface area (Å²) in [5, 5.41) is 3.63. The number of rotatable bonds is 15. The molecule has 2 aliphatic heterocycles. The van der Waals surface area contributed by atoms with Gasteiger partial charge in [0.25, 0.3) is 0 Å². The van der Waals surface area contributed by atoms with E-state index in [-0.39, 0.29) is 42.1 Å². The van der Waals surface area contributed by atoms with E-state index in [0.717, 1.165) is 30.2 Å². The van der Waals surface area contributed by atoms with Gasteiger partial charge in [-0.2, -0.15) is 0 Å². The molecule has 9 heteroatoms. The Bertz CT molecular complexity index is 1350. The summed E-state index contributed by atoms with van der Waals surface area (Å²) in [7, 11) is -0.769. The molecule has 0 radical (unpaired) electrons. The molecule has 2 heterocycles. The molecule has 47 heavy (non-hydrogen) atoms. The normalized spacial score (nSPS) is 21.0. The van der Waals surface area contributed by atoms with Crippen LogP contribution in [0.5, 0.6) is 0 Å². The van der Waals surface area contributed by atoms with Gasteiger partial charge in [-0.1, -0.05) is 106 Å². The molecule has 3 aliphatic rings. The Kier molecular flexibility index (Phi) is 10.7. The van der Waals surface area contributed by atoms with Crippen LogP contribution in [0.1, 0.15) is 144 Å². The molecule has 7 nitrogen and oxygen atoms in total. The number of unbranched alkanes of at least 4 members (excludes halogenated alkanes) is 9. The molecule has 1 aliphatic carbocycles. The summed E-state index contributed by atoms with van der Waals surface area (Å²) in [6.45, 7) is 20.0. The Morgan fingerprint density at radius 1 is 0.553 bits per heavy atom. The summed E-state index contributed by atoms with van der Waals surface area (Å²) in [5.74, 6) is 0. The zero-order valence-electron chi connectivity index (χ0n) is 30.6. The van der Waals surface area contributed by atoms with Gasteiger partial charge in [0.2, 0.25) is 0 Å². The van der Waals surface area contributed by atoms with Crippen LogP contribution in [-0.2, 0) is 24.0 Å². The van der Waals surface area contributed by atoms with E-state index in [1.807, 2.05) is 0 Å². The van der Waals surface area contributed by atoms with E-state index >= 15 is 0 Å². The van der Waals surface area contributed by atoms with Gasteiger partial charge in [0.05, 0.1) is 22.4 Å². The quantitative estimate of drug-likeness (QED) is 0.0638. The lowest BCUT2D eigenvalue weighted by molar-refractivity contribution is 0.00578. The summed E-state index contributed by atoms with van der Waals surface area (Å²) < 4.78 is 26.0. The third-order valence-electron chi connectivity index (χ3n) is 11.9. The predicted octanol–water partition coefficient (Wildman–Crippen LogP) is 9.17. The van der Waals surface area contributed by atoms with Crippen molar-refractivity contribution in [2.24, 2.45) is 5.11 Å². The van der Waals surface area contributed by atoms with Crippen molar-refractivity contribution < 1.29 is 18.6 Å². The van der Waals surface area contributed by atoms with Crippen molar-refractivity contribution >= 4 is 25.2 Å². The minimum absolute atomic E-state index is 0.139. The Morgan fingerprint density at radius 3 is 1.30 bits per heavy atom. The maximum atomic E-state index is 8.40. The third kappa shape index (κ3) is 7.35. The molecule has 2 saturated heterocycles. The molecule has 0 saturated carbocycles. The van der Waals surface area contributed by atoms with Crippen molar-refractivity contribution in [1.82, 2.24) is 0 Å². The van der Waals surface area contributed by atoms with Crippen molar-refractivity contribution in [3.05, 3.63) is 58.0 Å². The summed E-state index contributed by atoms with van der Waals surface area (Å²) >= 11 is 0. The van der Waals surface area contributed by atoms with Gasteiger partial charge in [0.1, 0.15) is 0 Å². The summed E-state index contributed by atoms with van der Waals surface area (Å²) in [5.41, 5.74) is 14.3. The number of hydrogen-bond donors (Lipinski definition) is 0. The fourth-order valence-corrected chi connectivity index (χ4v) is 7.29. The SMILES string of the molecule is CC1(CCCCCCCCCCCCN=[N+]=[N-])c2cc(B3OC(C)(C)C(C)(C)O3)ccc2-c2ccc(B3OC(C)(C)C(C)(C)O3)cc21. The van der Waals surface area contributed by atoms with E-state index in [2.05, 4.69) is 109 Å². The number of hydrogen-bond acceptors (Lipinski definition) is 5. The lowest BCUT2D eigenvalue weighted by atomic mass is 9.70. The van der Waals surface area contributed by atoms with Crippen LogP contribution in [0.15, 0.2) is 41.5 Å². The molecule has 2 aromatic carbocycles. The number of benzene rings is 2. The molecular weight excluding hydrogens is 584 g/mol. The minimum Gasteiger partial charge on any atom is -0.399 e. The highest BCUT2D eigenvalue weighted by Crippen LogP contribution is 2.51. The molecule has 0 N–H and O–H groups in total. The first-order valence-corrected chi connectivity index (χ1v) is 18.1. The van der Waals surface area contributed by atoms with Crippen LogP contribution in [-0.4, -0.2) is 43.2 Å². The molecule has 0 bridgehead atoms. The summed E-state index contributed by atoms with van der Waals surface area (Å²) in [4.78, 5) is 2.83. The number of azide groups is 1. The zero-order chi connectivity index (χ0) is 34.1. The summed E-state index contributed by atoms with van der Waals surface area (Å²) in [6.07, 6.45) is 13.3. The van der Waals surface area contributed by atoms with Crippen molar-refractivity contribution in [2.45, 2.75) is 161 Å². The van der Waals surface area contributed by atoms with Crippen molar-refractivity contribution in [1.29, 1.82) is 0 Å². The van der Waals surface area contributed by atoms with E-state index < -0.39 is 0 Å². The first-order valence-electron chi connectivity index (χ1n) is 18.1. The Hall–Kier alpha value is -2.28. The van der Waals surface area contributed by atoms with Crippen LogP contribution in [0.2, 0.25) is 0 Å². The smallest absolute Gasteiger partial charge is 0.399 e. The molecule has 2 aromatic rings. The Labute approximate surface area is 284 Å². The summed E-state index contributed by atoms with van der Waals surface area (Å²) in [6, 6.07) is 13.7. The molecule has 0 aromatic heterocycles. The average molecular weight is 642 g/mol. The van der Waals surface area contributed by atoms with E-state index in [9.17, 15) is 0 Å². The molecule has 0 spiro atoms. The maximum absolute atomic E-state index is 8.40. The van der Waals surface area contributed by atoms with Crippen LogP contribution >= 0.6 is 0 Å². The third-order valence-corrected chi connectivity index (χ3v) is 11.9. The standard InChI is InChI=1S/C38H57B2N3O4/c1-34(2)35(3,4)45-39(44-34)28-20-22-30-31-23-21-29(40-46-36(5,6)37(7,8)47-40)27-33(31)38(9,32(30)26-28)24-18-16-14-12-10-11-13-15-17-19-25-42-43-41/h20-23,26-27H,10-19,24-25H2,1-9H3. The first-order chi connectivity index (χ1) is 22.1. The van der Waals surface area contributed by atoms with E-state index in [1.54, 1.807) is 0 Å². The fourth-order valence-electron chi connectivity index (χ4n) is 7.29. The van der Waals surface area contributed by atoms with Crippen LogP contribution in [0.4, 0.5) is 0 Å². The van der Waals surface area contributed by atoms with Gasteiger partial charge in [-0.25, -0.2) is 0 Å². The molecule has 2 fully saturated rings. The molecule has 0 unspecified atom stereocenters. The van der Waals surface area contributed by atoms with E-state index in [1.165, 1.54) is 73.6 Å². The lowest BCUT2D eigenvalue weighted by Gasteiger charge is -2.32. The number of fused-ring (bicyclic) bond motifs is 3. The van der Waals surface area contributed by atoms with Crippen LogP contribution in [0.3, 0.4) is 0 Å². The molecule has 0 amide bonds. The topological polar surface area (TPSA) is 85.7 Å². The van der Waals surface area contributed by atoms with Gasteiger partial charge in [-0.15, -0.1) is 0 Å². The van der Waals surface area contributed by atoms with Crippen molar-refractivity contribution in [3.63, 3.8) is 0 Å². The monoisotopic (exact) mass is 641 g/mol. The zero-order valence-corrected chi connectivity index (χ0v) is 30.6. The fraction of sp³-hybridized carbons (Fsp3) is 0.684. The Morgan fingerprint density at radius 2 is 0.915 bits per heavy atom. The second kappa shape index (κ2) is 13.9. The highest BCUT2D eigenvalue weighted by Gasteiger charge is 2.53. The van der Waals surface area contributed by atoms with Gasteiger partial charge in [-0.3, -0.25) is 0 Å². The largest absolute Gasteiger partial charge is 0.494 e. The minimum atomic E-state index is -0.385. The van der Waals surface area contributed by atoms with Gasteiger partial charge in [0, 0.05) is 16.9 Å². The van der Waals surface area contributed by atoms with Crippen molar-refractivity contribution in [3.8, 4) is 11.1 Å². The van der Waals surface area contributed by atoms with E-state index in [0.29, 0.717) is 6.54 Å². The van der Waals surface area contributed by atoms with Gasteiger partial charge >= 0.3 is 14.2 Å². The van der Waals surface area contributed by atoms with Crippen LogP contribution in [0, 0.1) is 0 Å². The molecular formula is C38H57B2N3O4. The van der Waals surface area contributed by atoms with Crippen molar-refractivity contribution in [2.75, 3.05) is 6.54 Å². The number of nitrogens with zero attached hydrogens (tertiary/aromatic N) is 3. The average Bonchev–Trinajstić information content (AvgIpc) is 3.49. The second-order valence-electron chi connectivity index (χ2n) is 16.4. The molecule has 254 valence electrons. The Balaban J connectivity index is 1.30.